The van der Waals surface area contributed by atoms with E-state index in [9.17, 15) is 4.79 Å². The molecule has 5 nitrogen and oxygen atoms in total. The number of hydrogen-bond donors (Lipinski definition) is 0. The van der Waals surface area contributed by atoms with Gasteiger partial charge in [0.25, 0.3) is 0 Å². The van der Waals surface area contributed by atoms with Gasteiger partial charge in [0.15, 0.2) is 5.16 Å². The van der Waals surface area contributed by atoms with Crippen LogP contribution in [0.5, 0.6) is 0 Å². The van der Waals surface area contributed by atoms with E-state index in [1.807, 2.05) is 22.6 Å². The molecule has 1 fully saturated rings. The van der Waals surface area contributed by atoms with Crippen LogP contribution in [0.2, 0.25) is 0 Å². The molecule has 1 amide bonds. The molecule has 1 aromatic carbocycles. The van der Waals surface area contributed by atoms with Crippen LogP contribution in [0.4, 0.5) is 0 Å². The van der Waals surface area contributed by atoms with E-state index in [-0.39, 0.29) is 12.0 Å². The summed E-state index contributed by atoms with van der Waals surface area (Å²) in [4.78, 5) is 18.7. The van der Waals surface area contributed by atoms with Gasteiger partial charge in [-0.25, -0.2) is 4.98 Å². The van der Waals surface area contributed by atoms with Crippen molar-refractivity contribution in [2.45, 2.75) is 32.0 Å². The molecule has 0 saturated carbocycles. The normalized spacial score (nSPS) is 18.0. The van der Waals surface area contributed by atoms with E-state index < -0.39 is 0 Å². The van der Waals surface area contributed by atoms with E-state index in [1.165, 1.54) is 22.9 Å². The first-order chi connectivity index (χ1) is 11.5. The van der Waals surface area contributed by atoms with Crippen LogP contribution in [0.25, 0.3) is 5.69 Å². The van der Waals surface area contributed by atoms with Crippen molar-refractivity contribution in [3.63, 3.8) is 0 Å². The van der Waals surface area contributed by atoms with Gasteiger partial charge in [-0.2, -0.15) is 0 Å². The van der Waals surface area contributed by atoms with E-state index in [0.717, 1.165) is 10.8 Å². The number of carbonyl (C=O) groups is 1. The molecule has 1 atom stereocenters. The highest BCUT2D eigenvalue weighted by Gasteiger charge is 2.21. The SMILES string of the molecule is Cc1cc(C)cc(-n2ccnc2SCC(=O)N2CCO[C@@H](C)C2)c1. The Morgan fingerprint density at radius 2 is 2.08 bits per heavy atom. The first kappa shape index (κ1) is 17.0. The summed E-state index contributed by atoms with van der Waals surface area (Å²) in [7, 11) is 0. The summed E-state index contributed by atoms with van der Waals surface area (Å²) >= 11 is 1.48. The molecule has 3 rings (SSSR count). The van der Waals surface area contributed by atoms with E-state index in [2.05, 4.69) is 37.0 Å². The monoisotopic (exact) mass is 345 g/mol. The number of carbonyl (C=O) groups excluding carboxylic acids is 1. The van der Waals surface area contributed by atoms with Crippen molar-refractivity contribution in [3.8, 4) is 5.69 Å². The lowest BCUT2D eigenvalue weighted by atomic mass is 10.1. The fraction of sp³-hybridized carbons (Fsp3) is 0.444. The van der Waals surface area contributed by atoms with Crippen molar-refractivity contribution < 1.29 is 9.53 Å². The number of benzene rings is 1. The second kappa shape index (κ2) is 7.40. The summed E-state index contributed by atoms with van der Waals surface area (Å²) in [5, 5.41) is 0.842. The average Bonchev–Trinajstić information content (AvgIpc) is 3.00. The zero-order chi connectivity index (χ0) is 17.1. The Kier molecular flexibility index (Phi) is 5.26. The molecule has 0 unspecified atom stereocenters. The Morgan fingerprint density at radius 1 is 1.33 bits per heavy atom. The van der Waals surface area contributed by atoms with Crippen molar-refractivity contribution in [3.05, 3.63) is 41.7 Å². The maximum atomic E-state index is 12.4. The molecule has 1 aliphatic rings. The van der Waals surface area contributed by atoms with Gasteiger partial charge in [-0.3, -0.25) is 9.36 Å². The summed E-state index contributed by atoms with van der Waals surface area (Å²) < 4.78 is 7.53. The van der Waals surface area contributed by atoms with Crippen LogP contribution < -0.4 is 0 Å². The van der Waals surface area contributed by atoms with Crippen LogP contribution in [-0.2, 0) is 9.53 Å². The molecule has 6 heteroatoms. The average molecular weight is 345 g/mol. The molecule has 2 heterocycles. The van der Waals surface area contributed by atoms with E-state index >= 15 is 0 Å². The third-order valence-electron chi connectivity index (χ3n) is 4.01. The number of nitrogens with zero attached hydrogens (tertiary/aromatic N) is 3. The molecule has 2 aromatic rings. The third-order valence-corrected chi connectivity index (χ3v) is 4.96. The lowest BCUT2D eigenvalue weighted by molar-refractivity contribution is -0.135. The summed E-state index contributed by atoms with van der Waals surface area (Å²) in [6.07, 6.45) is 3.84. The van der Waals surface area contributed by atoms with Gasteiger partial charge in [-0.15, -0.1) is 0 Å². The molecule has 24 heavy (non-hydrogen) atoms. The Hall–Kier alpha value is -1.79. The largest absolute Gasteiger partial charge is 0.375 e. The van der Waals surface area contributed by atoms with Crippen LogP contribution in [0.15, 0.2) is 35.7 Å². The zero-order valence-corrected chi connectivity index (χ0v) is 15.2. The van der Waals surface area contributed by atoms with Gasteiger partial charge in [0.05, 0.1) is 18.5 Å². The lowest BCUT2D eigenvalue weighted by Crippen LogP contribution is -2.45. The Labute approximate surface area is 147 Å². The first-order valence-corrected chi connectivity index (χ1v) is 9.15. The fourth-order valence-electron chi connectivity index (χ4n) is 2.95. The highest BCUT2D eigenvalue weighted by molar-refractivity contribution is 7.99. The summed E-state index contributed by atoms with van der Waals surface area (Å²) in [6, 6.07) is 6.41. The highest BCUT2D eigenvalue weighted by Crippen LogP contribution is 2.22. The molecular weight excluding hydrogens is 322 g/mol. The summed E-state index contributed by atoms with van der Waals surface area (Å²) in [6.45, 7) is 8.14. The second-order valence-electron chi connectivity index (χ2n) is 6.24. The van der Waals surface area contributed by atoms with E-state index in [4.69, 9.17) is 4.74 Å². The number of aromatic nitrogens is 2. The summed E-state index contributed by atoms with van der Waals surface area (Å²) in [5.74, 6) is 0.541. The van der Waals surface area contributed by atoms with Gasteiger partial charge in [-0.1, -0.05) is 17.8 Å². The van der Waals surface area contributed by atoms with Crippen LogP contribution in [0.3, 0.4) is 0 Å². The molecule has 1 aliphatic heterocycles. The summed E-state index contributed by atoms with van der Waals surface area (Å²) in [5.41, 5.74) is 3.51. The first-order valence-electron chi connectivity index (χ1n) is 8.17. The van der Waals surface area contributed by atoms with Gasteiger partial charge in [0.2, 0.25) is 5.91 Å². The Balaban J connectivity index is 1.68. The molecule has 0 N–H and O–H groups in total. The molecule has 0 aliphatic carbocycles. The minimum Gasteiger partial charge on any atom is -0.375 e. The minimum absolute atomic E-state index is 0.116. The van der Waals surface area contributed by atoms with E-state index in [1.54, 1.807) is 6.20 Å². The van der Waals surface area contributed by atoms with Crippen LogP contribution in [0, 0.1) is 13.8 Å². The number of ether oxygens (including phenoxy) is 1. The smallest absolute Gasteiger partial charge is 0.233 e. The number of rotatable bonds is 4. The molecule has 128 valence electrons. The quantitative estimate of drug-likeness (QED) is 0.800. The van der Waals surface area contributed by atoms with Gasteiger partial charge < -0.3 is 9.64 Å². The number of imidazole rings is 1. The molecular formula is C18H23N3O2S. The predicted octanol–water partition coefficient (Wildman–Crippen LogP) is 2.83. The molecule has 1 saturated heterocycles. The van der Waals surface area contributed by atoms with Gasteiger partial charge in [0, 0.05) is 31.2 Å². The number of aryl methyl sites for hydroxylation is 2. The second-order valence-corrected chi connectivity index (χ2v) is 7.18. The standard InChI is InChI=1S/C18H23N3O2S/c1-13-8-14(2)10-16(9-13)21-5-4-19-18(21)24-12-17(22)20-6-7-23-15(3)11-20/h4-5,8-10,15H,6-7,11-12H2,1-3H3/t15-/m0/s1. The highest BCUT2D eigenvalue weighted by atomic mass is 32.2. The maximum absolute atomic E-state index is 12.4. The third kappa shape index (κ3) is 3.99. The van der Waals surface area contributed by atoms with E-state index in [0.29, 0.717) is 25.4 Å². The Morgan fingerprint density at radius 3 is 2.79 bits per heavy atom. The predicted molar refractivity (Wildman–Crippen MR) is 95.8 cm³/mol. The molecule has 0 spiro atoms. The van der Waals surface area contributed by atoms with Crippen molar-refractivity contribution in [1.82, 2.24) is 14.5 Å². The topological polar surface area (TPSA) is 47.4 Å². The number of thioether (sulfide) groups is 1. The zero-order valence-electron chi connectivity index (χ0n) is 14.4. The minimum atomic E-state index is 0.116. The van der Waals surface area contributed by atoms with Crippen LogP contribution >= 0.6 is 11.8 Å². The molecule has 1 aromatic heterocycles. The van der Waals surface area contributed by atoms with Gasteiger partial charge in [0.1, 0.15) is 0 Å². The fourth-order valence-corrected chi connectivity index (χ4v) is 3.82. The molecule has 0 bridgehead atoms. The van der Waals surface area contributed by atoms with Gasteiger partial charge in [-0.05, 0) is 44.0 Å². The van der Waals surface area contributed by atoms with Crippen molar-refractivity contribution in [2.75, 3.05) is 25.4 Å². The van der Waals surface area contributed by atoms with Crippen LogP contribution in [0.1, 0.15) is 18.1 Å². The van der Waals surface area contributed by atoms with Gasteiger partial charge >= 0.3 is 0 Å². The maximum Gasteiger partial charge on any atom is 0.233 e. The number of morpholine rings is 1. The van der Waals surface area contributed by atoms with Crippen molar-refractivity contribution >= 4 is 17.7 Å². The number of amides is 1. The Bertz CT molecular complexity index is 709. The van der Waals surface area contributed by atoms with Crippen LogP contribution in [-0.4, -0.2) is 51.9 Å². The lowest BCUT2D eigenvalue weighted by Gasteiger charge is -2.31. The molecule has 0 radical (unpaired) electrons. The number of hydrogen-bond acceptors (Lipinski definition) is 4. The van der Waals surface area contributed by atoms with Crippen molar-refractivity contribution in [1.29, 1.82) is 0 Å². The van der Waals surface area contributed by atoms with Crippen molar-refractivity contribution in [2.24, 2.45) is 0 Å².